The zero-order chi connectivity index (χ0) is 19.8. The fourth-order valence-electron chi connectivity index (χ4n) is 3.23. The van der Waals surface area contributed by atoms with Crippen molar-refractivity contribution >= 4 is 17.8 Å². The predicted molar refractivity (Wildman–Crippen MR) is 101 cm³/mol. The second kappa shape index (κ2) is 10.1. The van der Waals surface area contributed by atoms with Gasteiger partial charge in [-0.05, 0) is 56.9 Å². The molecule has 1 heterocycles. The third-order valence-corrected chi connectivity index (χ3v) is 4.69. The molecule has 1 aromatic rings. The SMILES string of the molecule is CCOCCCNC(=O)C1CCN(C(=O)c2cc(C)cc(C(=O)O)c2)CC1. The summed E-state index contributed by atoms with van der Waals surface area (Å²) in [6, 6.07) is 4.65. The second-order valence-corrected chi connectivity index (χ2v) is 6.80. The molecule has 0 radical (unpaired) electrons. The number of hydrogen-bond donors (Lipinski definition) is 2. The summed E-state index contributed by atoms with van der Waals surface area (Å²) >= 11 is 0. The van der Waals surface area contributed by atoms with Gasteiger partial charge in [-0.1, -0.05) is 0 Å². The number of rotatable bonds is 8. The van der Waals surface area contributed by atoms with Crippen molar-refractivity contribution in [2.45, 2.75) is 33.1 Å². The van der Waals surface area contributed by atoms with Crippen molar-refractivity contribution in [1.29, 1.82) is 0 Å². The number of carboxylic acid groups (broad SMARTS) is 1. The molecule has 27 heavy (non-hydrogen) atoms. The van der Waals surface area contributed by atoms with Gasteiger partial charge in [0.1, 0.15) is 0 Å². The van der Waals surface area contributed by atoms with Crippen LogP contribution in [-0.4, -0.2) is 60.6 Å². The number of likely N-dealkylation sites (tertiary alicyclic amines) is 1. The largest absolute Gasteiger partial charge is 0.478 e. The van der Waals surface area contributed by atoms with Gasteiger partial charge in [0.25, 0.3) is 5.91 Å². The molecule has 0 spiro atoms. The van der Waals surface area contributed by atoms with Crippen molar-refractivity contribution in [1.82, 2.24) is 10.2 Å². The topological polar surface area (TPSA) is 95.9 Å². The maximum absolute atomic E-state index is 12.7. The summed E-state index contributed by atoms with van der Waals surface area (Å²) in [5.74, 6) is -1.29. The molecule has 1 fully saturated rings. The molecule has 0 unspecified atom stereocenters. The molecule has 1 aliphatic heterocycles. The highest BCUT2D eigenvalue weighted by molar-refractivity contribution is 5.98. The highest BCUT2D eigenvalue weighted by atomic mass is 16.5. The summed E-state index contributed by atoms with van der Waals surface area (Å²) in [5.41, 5.74) is 1.23. The van der Waals surface area contributed by atoms with Crippen LogP contribution in [0.15, 0.2) is 18.2 Å². The molecular formula is C20H28N2O5. The molecule has 7 heteroatoms. The van der Waals surface area contributed by atoms with Crippen LogP contribution in [0.3, 0.4) is 0 Å². The molecule has 2 N–H and O–H groups in total. The van der Waals surface area contributed by atoms with Gasteiger partial charge in [-0.3, -0.25) is 9.59 Å². The Morgan fingerprint density at radius 2 is 1.85 bits per heavy atom. The zero-order valence-corrected chi connectivity index (χ0v) is 16.0. The number of hydrogen-bond acceptors (Lipinski definition) is 4. The Labute approximate surface area is 159 Å². The Kier molecular flexibility index (Phi) is 7.79. The molecule has 0 saturated carbocycles. The third-order valence-electron chi connectivity index (χ3n) is 4.69. The van der Waals surface area contributed by atoms with Gasteiger partial charge in [0.15, 0.2) is 0 Å². The average Bonchev–Trinajstić information content (AvgIpc) is 2.66. The average molecular weight is 376 g/mol. The highest BCUT2D eigenvalue weighted by Crippen LogP contribution is 2.20. The van der Waals surface area contributed by atoms with Crippen LogP contribution in [0, 0.1) is 12.8 Å². The lowest BCUT2D eigenvalue weighted by Gasteiger charge is -2.31. The van der Waals surface area contributed by atoms with Crippen LogP contribution in [0.2, 0.25) is 0 Å². The van der Waals surface area contributed by atoms with Gasteiger partial charge < -0.3 is 20.1 Å². The number of ether oxygens (including phenoxy) is 1. The van der Waals surface area contributed by atoms with Gasteiger partial charge in [-0.2, -0.15) is 0 Å². The number of carboxylic acids is 1. The monoisotopic (exact) mass is 376 g/mol. The van der Waals surface area contributed by atoms with Gasteiger partial charge in [0, 0.05) is 44.3 Å². The van der Waals surface area contributed by atoms with Crippen LogP contribution in [0.5, 0.6) is 0 Å². The van der Waals surface area contributed by atoms with Crippen molar-refractivity contribution < 1.29 is 24.2 Å². The number of nitrogens with zero attached hydrogens (tertiary/aromatic N) is 1. The molecular weight excluding hydrogens is 348 g/mol. The van der Waals surface area contributed by atoms with E-state index < -0.39 is 5.97 Å². The maximum atomic E-state index is 12.7. The van der Waals surface area contributed by atoms with E-state index in [4.69, 9.17) is 9.84 Å². The fourth-order valence-corrected chi connectivity index (χ4v) is 3.23. The number of nitrogens with one attached hydrogen (secondary N) is 1. The predicted octanol–water partition coefficient (Wildman–Crippen LogP) is 2.09. The molecule has 0 aromatic heterocycles. The minimum atomic E-state index is -1.05. The molecule has 1 aliphatic rings. The first-order valence-electron chi connectivity index (χ1n) is 9.42. The number of carbonyl (C=O) groups is 3. The van der Waals surface area contributed by atoms with E-state index in [1.54, 1.807) is 24.0 Å². The molecule has 0 atom stereocenters. The minimum absolute atomic E-state index is 0.0299. The van der Waals surface area contributed by atoms with Crippen LogP contribution in [0.1, 0.15) is 52.5 Å². The first-order valence-corrected chi connectivity index (χ1v) is 9.42. The van der Waals surface area contributed by atoms with Crippen LogP contribution < -0.4 is 5.32 Å². The molecule has 148 valence electrons. The fraction of sp³-hybridized carbons (Fsp3) is 0.550. The van der Waals surface area contributed by atoms with Crippen molar-refractivity contribution in [3.05, 3.63) is 34.9 Å². The molecule has 0 aliphatic carbocycles. The molecule has 1 aromatic carbocycles. The molecule has 1 saturated heterocycles. The van der Waals surface area contributed by atoms with Gasteiger partial charge in [-0.15, -0.1) is 0 Å². The van der Waals surface area contributed by atoms with Gasteiger partial charge >= 0.3 is 5.97 Å². The Morgan fingerprint density at radius 3 is 2.48 bits per heavy atom. The summed E-state index contributed by atoms with van der Waals surface area (Å²) in [4.78, 5) is 37.8. The van der Waals surface area contributed by atoms with Crippen LogP contribution in [0.4, 0.5) is 0 Å². The maximum Gasteiger partial charge on any atom is 0.335 e. The van der Waals surface area contributed by atoms with Crippen LogP contribution in [0.25, 0.3) is 0 Å². The van der Waals surface area contributed by atoms with Crippen molar-refractivity contribution in [3.63, 3.8) is 0 Å². The van der Waals surface area contributed by atoms with Crippen LogP contribution >= 0.6 is 0 Å². The lowest BCUT2D eigenvalue weighted by atomic mass is 9.95. The quantitative estimate of drug-likeness (QED) is 0.677. The number of benzene rings is 1. The number of carbonyl (C=O) groups excluding carboxylic acids is 2. The summed E-state index contributed by atoms with van der Waals surface area (Å²) in [5, 5.41) is 12.1. The Balaban J connectivity index is 1.85. The van der Waals surface area contributed by atoms with Crippen molar-refractivity contribution in [2.75, 3.05) is 32.8 Å². The minimum Gasteiger partial charge on any atom is -0.478 e. The van der Waals surface area contributed by atoms with E-state index in [-0.39, 0.29) is 23.3 Å². The zero-order valence-electron chi connectivity index (χ0n) is 16.0. The third kappa shape index (κ3) is 6.06. The van der Waals surface area contributed by atoms with Gasteiger partial charge in [0.2, 0.25) is 5.91 Å². The Hall–Kier alpha value is -2.41. The normalized spacial score (nSPS) is 14.8. The summed E-state index contributed by atoms with van der Waals surface area (Å²) in [6.07, 6.45) is 2.01. The van der Waals surface area contributed by atoms with E-state index in [9.17, 15) is 14.4 Å². The van der Waals surface area contributed by atoms with E-state index in [2.05, 4.69) is 5.32 Å². The molecule has 2 amide bonds. The standard InChI is InChI=1S/C20H28N2O5/c1-3-27-10-4-7-21-18(23)15-5-8-22(9-6-15)19(24)16-11-14(2)12-17(13-16)20(25)26/h11-13,15H,3-10H2,1-2H3,(H,21,23)(H,25,26). The summed E-state index contributed by atoms with van der Waals surface area (Å²) in [6.45, 7) is 6.60. The number of amides is 2. The van der Waals surface area contributed by atoms with E-state index in [1.807, 2.05) is 6.92 Å². The van der Waals surface area contributed by atoms with Gasteiger partial charge in [0.05, 0.1) is 5.56 Å². The molecule has 7 nitrogen and oxygen atoms in total. The number of aryl methyl sites for hydroxylation is 1. The van der Waals surface area contributed by atoms with E-state index in [0.29, 0.717) is 51.3 Å². The Morgan fingerprint density at radius 1 is 1.19 bits per heavy atom. The smallest absolute Gasteiger partial charge is 0.335 e. The van der Waals surface area contributed by atoms with Crippen molar-refractivity contribution in [2.24, 2.45) is 5.92 Å². The van der Waals surface area contributed by atoms with Gasteiger partial charge in [-0.25, -0.2) is 4.79 Å². The van der Waals surface area contributed by atoms with E-state index in [0.717, 1.165) is 12.0 Å². The Bertz CT molecular complexity index is 681. The van der Waals surface area contributed by atoms with Crippen molar-refractivity contribution in [3.8, 4) is 0 Å². The molecule has 2 rings (SSSR count). The summed E-state index contributed by atoms with van der Waals surface area (Å²) in [7, 11) is 0. The van der Waals surface area contributed by atoms with E-state index >= 15 is 0 Å². The summed E-state index contributed by atoms with van der Waals surface area (Å²) < 4.78 is 5.24. The highest BCUT2D eigenvalue weighted by Gasteiger charge is 2.28. The second-order valence-electron chi connectivity index (χ2n) is 6.80. The number of aromatic carboxylic acids is 1. The lowest BCUT2D eigenvalue weighted by molar-refractivity contribution is -0.126. The first kappa shape index (κ1) is 20.9. The number of piperidine rings is 1. The molecule has 0 bridgehead atoms. The van der Waals surface area contributed by atoms with Crippen LogP contribution in [-0.2, 0) is 9.53 Å². The first-order chi connectivity index (χ1) is 12.9. The van der Waals surface area contributed by atoms with E-state index in [1.165, 1.54) is 6.07 Å². The lowest BCUT2D eigenvalue weighted by Crippen LogP contribution is -2.43.